The van der Waals surface area contributed by atoms with E-state index in [1.807, 2.05) is 4.68 Å². The van der Waals surface area contributed by atoms with E-state index in [0.29, 0.717) is 11.7 Å². The lowest BCUT2D eigenvalue weighted by molar-refractivity contribution is 0.0234. The maximum Gasteiger partial charge on any atom is 0.261 e. The zero-order valence-electron chi connectivity index (χ0n) is 11.0. The predicted octanol–water partition coefficient (Wildman–Crippen LogP) is 1.80. The van der Waals surface area contributed by atoms with Crippen LogP contribution in [0.1, 0.15) is 31.0 Å². The van der Waals surface area contributed by atoms with E-state index >= 15 is 0 Å². The monoisotopic (exact) mass is 308 g/mol. The first-order chi connectivity index (χ1) is 9.46. The van der Waals surface area contributed by atoms with E-state index in [4.69, 9.17) is 0 Å². The Morgan fingerprint density at radius 3 is 2.80 bits per heavy atom. The van der Waals surface area contributed by atoms with Crippen molar-refractivity contribution >= 4 is 9.84 Å². The van der Waals surface area contributed by atoms with E-state index in [1.165, 1.54) is 6.42 Å². The molecule has 20 heavy (non-hydrogen) atoms. The fourth-order valence-electron chi connectivity index (χ4n) is 1.96. The van der Waals surface area contributed by atoms with Gasteiger partial charge in [0, 0.05) is 6.20 Å². The summed E-state index contributed by atoms with van der Waals surface area (Å²) in [4.78, 5) is 0. The van der Waals surface area contributed by atoms with Crippen molar-refractivity contribution in [2.24, 2.45) is 0 Å². The van der Waals surface area contributed by atoms with Gasteiger partial charge in [-0.3, -0.25) is 4.68 Å². The van der Waals surface area contributed by atoms with Gasteiger partial charge >= 0.3 is 0 Å². The Bertz CT molecular complexity index is 527. The second-order valence-electron chi connectivity index (χ2n) is 4.93. The molecule has 5 nitrogen and oxygen atoms in total. The number of ether oxygens (including phenoxy) is 1. The summed E-state index contributed by atoms with van der Waals surface area (Å²) in [6.07, 6.45) is 2.56. The number of halogens is 2. The predicted molar refractivity (Wildman–Crippen MR) is 69.4 cm³/mol. The number of nitrogens with zero attached hydrogens (tertiary/aromatic N) is 2. The Kier molecular flexibility index (Phi) is 5.09. The van der Waals surface area contributed by atoms with Crippen molar-refractivity contribution in [3.05, 3.63) is 18.0 Å². The Morgan fingerprint density at radius 2 is 2.20 bits per heavy atom. The van der Waals surface area contributed by atoms with Crippen LogP contribution in [0.5, 0.6) is 0 Å². The summed E-state index contributed by atoms with van der Waals surface area (Å²) < 4.78 is 53.6. The standard InChI is InChI=1S/C12H18F2N2O3S/c13-12(14)8-19-6-7-20(17,18)9-10-4-5-16(15-10)11-2-1-3-11/h4-5,11-12H,1-3,6-9H2. The smallest absolute Gasteiger partial charge is 0.261 e. The number of sulfone groups is 1. The molecule has 0 atom stereocenters. The van der Waals surface area contributed by atoms with Gasteiger partial charge in [0.05, 0.1) is 29.8 Å². The van der Waals surface area contributed by atoms with Gasteiger partial charge in [0.2, 0.25) is 0 Å². The topological polar surface area (TPSA) is 61.2 Å². The molecule has 1 heterocycles. The third kappa shape index (κ3) is 4.52. The molecule has 2 rings (SSSR count). The van der Waals surface area contributed by atoms with Crippen molar-refractivity contribution in [2.45, 2.75) is 37.5 Å². The quantitative estimate of drug-likeness (QED) is 0.687. The maximum atomic E-state index is 11.8. The molecule has 1 aliphatic carbocycles. The Morgan fingerprint density at radius 1 is 1.45 bits per heavy atom. The molecule has 1 aromatic heterocycles. The van der Waals surface area contributed by atoms with Crippen molar-refractivity contribution in [1.82, 2.24) is 9.78 Å². The highest BCUT2D eigenvalue weighted by Gasteiger charge is 2.21. The molecule has 1 aliphatic rings. The second kappa shape index (κ2) is 6.62. The van der Waals surface area contributed by atoms with Crippen LogP contribution in [0.25, 0.3) is 0 Å². The first-order valence-corrected chi connectivity index (χ1v) is 8.39. The summed E-state index contributed by atoms with van der Waals surface area (Å²) in [5.74, 6) is -0.444. The largest absolute Gasteiger partial charge is 0.374 e. The minimum absolute atomic E-state index is 0.176. The van der Waals surface area contributed by atoms with Gasteiger partial charge in [-0.25, -0.2) is 17.2 Å². The van der Waals surface area contributed by atoms with Crippen molar-refractivity contribution in [3.8, 4) is 0 Å². The van der Waals surface area contributed by atoms with Crippen LogP contribution in [0.4, 0.5) is 8.78 Å². The number of hydrogen-bond donors (Lipinski definition) is 0. The van der Waals surface area contributed by atoms with Crippen LogP contribution in [-0.4, -0.2) is 43.6 Å². The number of rotatable bonds is 8. The lowest BCUT2D eigenvalue weighted by Gasteiger charge is -2.25. The van der Waals surface area contributed by atoms with Gasteiger partial charge < -0.3 is 4.74 Å². The van der Waals surface area contributed by atoms with E-state index in [-0.39, 0.29) is 18.1 Å². The van der Waals surface area contributed by atoms with Gasteiger partial charge in [0.15, 0.2) is 9.84 Å². The summed E-state index contributed by atoms with van der Waals surface area (Å²) in [7, 11) is -3.38. The highest BCUT2D eigenvalue weighted by atomic mass is 32.2. The summed E-state index contributed by atoms with van der Waals surface area (Å²) >= 11 is 0. The van der Waals surface area contributed by atoms with E-state index in [9.17, 15) is 17.2 Å². The molecule has 0 spiro atoms. The van der Waals surface area contributed by atoms with Crippen molar-refractivity contribution in [2.75, 3.05) is 19.0 Å². The molecule has 0 unspecified atom stereocenters. The molecule has 0 radical (unpaired) electrons. The van der Waals surface area contributed by atoms with Crippen LogP contribution in [0.15, 0.2) is 12.3 Å². The van der Waals surface area contributed by atoms with Gasteiger partial charge in [0.25, 0.3) is 6.43 Å². The van der Waals surface area contributed by atoms with Crippen molar-refractivity contribution < 1.29 is 21.9 Å². The van der Waals surface area contributed by atoms with E-state index in [0.717, 1.165) is 12.8 Å². The summed E-state index contributed by atoms with van der Waals surface area (Å²) in [5.41, 5.74) is 0.491. The van der Waals surface area contributed by atoms with Crippen molar-refractivity contribution in [3.63, 3.8) is 0 Å². The Balaban J connectivity index is 1.80. The normalized spacial score (nSPS) is 16.6. The van der Waals surface area contributed by atoms with Gasteiger partial charge in [-0.2, -0.15) is 5.10 Å². The molecular weight excluding hydrogens is 290 g/mol. The zero-order chi connectivity index (χ0) is 14.6. The third-order valence-electron chi connectivity index (χ3n) is 3.26. The molecule has 0 aromatic carbocycles. The number of hydrogen-bond acceptors (Lipinski definition) is 4. The number of aromatic nitrogens is 2. The van der Waals surface area contributed by atoms with E-state index < -0.39 is 22.9 Å². The highest BCUT2D eigenvalue weighted by Crippen LogP contribution is 2.30. The second-order valence-corrected chi connectivity index (χ2v) is 7.11. The molecular formula is C12H18F2N2O3S. The van der Waals surface area contributed by atoms with Crippen LogP contribution in [0.3, 0.4) is 0 Å². The number of alkyl halides is 2. The minimum atomic E-state index is -3.38. The maximum absolute atomic E-state index is 11.8. The van der Waals surface area contributed by atoms with Crippen LogP contribution >= 0.6 is 0 Å². The lowest BCUT2D eigenvalue weighted by Crippen LogP contribution is -2.19. The molecule has 0 saturated heterocycles. The van der Waals surface area contributed by atoms with Crippen LogP contribution < -0.4 is 0 Å². The fourth-order valence-corrected chi connectivity index (χ4v) is 3.09. The molecule has 0 aliphatic heterocycles. The molecule has 0 amide bonds. The van der Waals surface area contributed by atoms with Crippen LogP contribution in [-0.2, 0) is 20.3 Å². The fraction of sp³-hybridized carbons (Fsp3) is 0.750. The summed E-state index contributed by atoms with van der Waals surface area (Å²) in [6.45, 7) is -0.943. The highest BCUT2D eigenvalue weighted by molar-refractivity contribution is 7.90. The van der Waals surface area contributed by atoms with E-state index in [1.54, 1.807) is 12.3 Å². The Hall–Kier alpha value is -1.02. The minimum Gasteiger partial charge on any atom is -0.374 e. The molecule has 1 aromatic rings. The van der Waals surface area contributed by atoms with Crippen molar-refractivity contribution in [1.29, 1.82) is 0 Å². The van der Waals surface area contributed by atoms with Gasteiger partial charge in [0.1, 0.15) is 6.61 Å². The summed E-state index contributed by atoms with van der Waals surface area (Å²) in [6, 6.07) is 2.08. The SMILES string of the molecule is O=S(=O)(CCOCC(F)F)Cc1ccn(C2CCC2)n1. The average Bonchev–Trinajstić information content (AvgIpc) is 2.69. The van der Waals surface area contributed by atoms with Gasteiger partial charge in [-0.05, 0) is 25.3 Å². The van der Waals surface area contributed by atoms with Gasteiger partial charge in [-0.15, -0.1) is 0 Å². The first kappa shape index (κ1) is 15.4. The molecule has 1 saturated carbocycles. The third-order valence-corrected chi connectivity index (χ3v) is 4.79. The van der Waals surface area contributed by atoms with Gasteiger partial charge in [-0.1, -0.05) is 0 Å². The molecule has 0 N–H and O–H groups in total. The van der Waals surface area contributed by atoms with E-state index in [2.05, 4.69) is 9.84 Å². The molecule has 0 bridgehead atoms. The Labute approximate surface area is 116 Å². The summed E-state index contributed by atoms with van der Waals surface area (Å²) in [5, 5.41) is 4.25. The lowest BCUT2D eigenvalue weighted by atomic mass is 9.93. The molecule has 114 valence electrons. The first-order valence-electron chi connectivity index (χ1n) is 6.56. The van der Waals surface area contributed by atoms with Crippen LogP contribution in [0, 0.1) is 0 Å². The average molecular weight is 308 g/mol. The van der Waals surface area contributed by atoms with Crippen LogP contribution in [0.2, 0.25) is 0 Å². The molecule has 8 heteroatoms. The molecule has 1 fully saturated rings. The zero-order valence-corrected chi connectivity index (χ0v) is 11.9.